The molecular formula is C34H38Cl2F2N4. The van der Waals surface area contributed by atoms with Crippen LogP contribution < -0.4 is 4.90 Å². The highest BCUT2D eigenvalue weighted by Crippen LogP contribution is 2.32. The number of rotatable bonds is 7. The predicted octanol–water partition coefficient (Wildman–Crippen LogP) is 7.47. The van der Waals surface area contributed by atoms with E-state index in [1.54, 1.807) is 0 Å². The third-order valence-corrected chi connectivity index (χ3v) is 8.31. The van der Waals surface area contributed by atoms with E-state index in [9.17, 15) is 8.78 Å². The maximum absolute atomic E-state index is 13.6. The number of piperazine rings is 1. The summed E-state index contributed by atoms with van der Waals surface area (Å²) in [6, 6.07) is 26.0. The van der Waals surface area contributed by atoms with Crippen molar-refractivity contribution in [1.82, 2.24) is 14.8 Å². The van der Waals surface area contributed by atoms with Gasteiger partial charge in [-0.25, -0.2) is 13.8 Å². The summed E-state index contributed by atoms with van der Waals surface area (Å²) in [6.07, 6.45) is 3.11. The average Bonchev–Trinajstić information content (AvgIpc) is 3.00. The van der Waals surface area contributed by atoms with Crippen molar-refractivity contribution < 1.29 is 8.78 Å². The summed E-state index contributed by atoms with van der Waals surface area (Å²) in [5, 5.41) is 1.19. The van der Waals surface area contributed by atoms with Gasteiger partial charge in [0.05, 0.1) is 5.52 Å². The molecule has 8 heteroatoms. The van der Waals surface area contributed by atoms with E-state index in [-0.39, 0.29) is 36.4 Å². The second-order valence-corrected chi connectivity index (χ2v) is 10.9. The minimum Gasteiger partial charge on any atom is -0.354 e. The fraction of sp³-hybridized carbons (Fsp3) is 0.324. The number of para-hydroxylation sites is 1. The third kappa shape index (κ3) is 7.67. The number of nitrogens with zero attached hydrogens (tertiary/aromatic N) is 4. The quantitative estimate of drug-likeness (QED) is 0.216. The smallest absolute Gasteiger partial charge is 0.129 e. The van der Waals surface area contributed by atoms with Crippen molar-refractivity contribution in [3.05, 3.63) is 113 Å². The number of pyridine rings is 1. The van der Waals surface area contributed by atoms with Crippen molar-refractivity contribution in [3.8, 4) is 0 Å². The maximum Gasteiger partial charge on any atom is 0.129 e. The first-order valence-electron chi connectivity index (χ1n) is 14.4. The van der Waals surface area contributed by atoms with Gasteiger partial charge in [-0.15, -0.1) is 24.8 Å². The highest BCUT2D eigenvalue weighted by atomic mass is 35.5. The van der Waals surface area contributed by atoms with Crippen molar-refractivity contribution in [2.45, 2.75) is 19.3 Å². The van der Waals surface area contributed by atoms with Crippen LogP contribution in [0.25, 0.3) is 16.5 Å². The van der Waals surface area contributed by atoms with Crippen LogP contribution in [-0.4, -0.2) is 67.1 Å². The zero-order valence-electron chi connectivity index (χ0n) is 23.7. The molecule has 0 bridgehead atoms. The van der Waals surface area contributed by atoms with Gasteiger partial charge >= 0.3 is 0 Å². The number of hydrogen-bond acceptors (Lipinski definition) is 4. The highest BCUT2D eigenvalue weighted by molar-refractivity contribution is 5.86. The Morgan fingerprint density at radius 3 is 1.76 bits per heavy atom. The number of piperidine rings is 1. The Bertz CT molecular complexity index is 1410. The van der Waals surface area contributed by atoms with Crippen LogP contribution >= 0.6 is 24.8 Å². The Morgan fingerprint density at radius 1 is 0.619 bits per heavy atom. The second-order valence-electron chi connectivity index (χ2n) is 10.9. The van der Waals surface area contributed by atoms with E-state index in [4.69, 9.17) is 4.98 Å². The molecule has 0 atom stereocenters. The zero-order chi connectivity index (χ0) is 27.3. The summed E-state index contributed by atoms with van der Waals surface area (Å²) in [6.45, 7) is 8.42. The number of aromatic nitrogens is 1. The Kier molecular flexibility index (Phi) is 11.3. The molecule has 2 saturated heterocycles. The van der Waals surface area contributed by atoms with Crippen molar-refractivity contribution in [3.63, 3.8) is 0 Å². The number of fused-ring (bicyclic) bond motifs is 1. The minimum absolute atomic E-state index is 0. The molecule has 0 amide bonds. The SMILES string of the molecule is Cl.Cl.Fc1ccc(C(=C2CCN(CCCN3CCN(c4ccc5ccccc5n4)CC3)CC2)c2ccc(F)cc2)cc1. The van der Waals surface area contributed by atoms with Crippen molar-refractivity contribution >= 4 is 47.1 Å². The lowest BCUT2D eigenvalue weighted by molar-refractivity contribution is 0.212. The van der Waals surface area contributed by atoms with Gasteiger partial charge in [-0.2, -0.15) is 0 Å². The largest absolute Gasteiger partial charge is 0.354 e. The van der Waals surface area contributed by atoms with Gasteiger partial charge in [0.2, 0.25) is 0 Å². The topological polar surface area (TPSA) is 22.6 Å². The molecule has 0 N–H and O–H groups in total. The van der Waals surface area contributed by atoms with Crippen LogP contribution in [0.3, 0.4) is 0 Å². The van der Waals surface area contributed by atoms with E-state index >= 15 is 0 Å². The molecule has 4 aromatic rings. The number of anilines is 1. The van der Waals surface area contributed by atoms with Gasteiger partial charge < -0.3 is 9.80 Å². The monoisotopic (exact) mass is 610 g/mol. The molecule has 6 rings (SSSR count). The van der Waals surface area contributed by atoms with E-state index in [1.807, 2.05) is 30.3 Å². The van der Waals surface area contributed by atoms with Crippen molar-refractivity contribution in [2.24, 2.45) is 0 Å². The summed E-state index contributed by atoms with van der Waals surface area (Å²) >= 11 is 0. The molecule has 4 nitrogen and oxygen atoms in total. The molecule has 0 spiro atoms. The van der Waals surface area contributed by atoms with Gasteiger partial charge in [0.15, 0.2) is 0 Å². The van der Waals surface area contributed by atoms with E-state index in [2.05, 4.69) is 45.0 Å². The second kappa shape index (κ2) is 14.9. The van der Waals surface area contributed by atoms with E-state index < -0.39 is 0 Å². The fourth-order valence-corrected chi connectivity index (χ4v) is 6.05. The number of hydrogen-bond donors (Lipinski definition) is 0. The molecule has 1 aromatic heterocycles. The van der Waals surface area contributed by atoms with Crippen LogP contribution in [0.4, 0.5) is 14.6 Å². The van der Waals surface area contributed by atoms with Gasteiger partial charge in [0, 0.05) is 44.7 Å². The molecule has 3 heterocycles. The van der Waals surface area contributed by atoms with Crippen LogP contribution in [0.2, 0.25) is 0 Å². The zero-order valence-corrected chi connectivity index (χ0v) is 25.4. The molecule has 2 aliphatic rings. The van der Waals surface area contributed by atoms with Crippen LogP contribution in [0.5, 0.6) is 0 Å². The maximum atomic E-state index is 13.6. The average molecular weight is 612 g/mol. The summed E-state index contributed by atoms with van der Waals surface area (Å²) < 4.78 is 27.2. The molecular weight excluding hydrogens is 573 g/mol. The van der Waals surface area contributed by atoms with E-state index in [0.717, 1.165) is 99.7 Å². The standard InChI is InChI=1S/C34H36F2N4.2ClH/c35-30-11-6-27(7-12-30)34(28-8-13-31(36)14-9-28)29-16-20-38(21-17-29)18-3-19-39-22-24-40(25-23-39)33-15-10-26-4-1-2-5-32(26)37-33;;/h1-2,4-15H,3,16-25H2;2*1H. The van der Waals surface area contributed by atoms with Crippen LogP contribution in [-0.2, 0) is 0 Å². The number of likely N-dealkylation sites (tertiary alicyclic amines) is 1. The minimum atomic E-state index is -0.242. The molecule has 42 heavy (non-hydrogen) atoms. The van der Waals surface area contributed by atoms with Gasteiger partial charge in [0.25, 0.3) is 0 Å². The first kappa shape index (κ1) is 31.9. The lowest BCUT2D eigenvalue weighted by Gasteiger charge is -2.36. The fourth-order valence-electron chi connectivity index (χ4n) is 6.05. The Hall–Kier alpha value is -3.03. The highest BCUT2D eigenvalue weighted by Gasteiger charge is 2.21. The first-order valence-corrected chi connectivity index (χ1v) is 14.4. The van der Waals surface area contributed by atoms with Crippen LogP contribution in [0.15, 0.2) is 90.5 Å². The lowest BCUT2D eigenvalue weighted by Crippen LogP contribution is -2.47. The molecule has 3 aromatic carbocycles. The number of halogens is 4. The van der Waals surface area contributed by atoms with Gasteiger partial charge in [-0.1, -0.05) is 48.0 Å². The summed E-state index contributed by atoms with van der Waals surface area (Å²) in [5.74, 6) is 0.596. The Balaban J connectivity index is 0.00000202. The molecule has 0 aliphatic carbocycles. The predicted molar refractivity (Wildman–Crippen MR) is 174 cm³/mol. The summed E-state index contributed by atoms with van der Waals surface area (Å²) in [7, 11) is 0. The normalized spacial score (nSPS) is 16.1. The van der Waals surface area contributed by atoms with Gasteiger partial charge in [-0.3, -0.25) is 4.90 Å². The first-order chi connectivity index (χ1) is 19.6. The molecule has 0 radical (unpaired) electrons. The molecule has 2 aliphatic heterocycles. The third-order valence-electron chi connectivity index (χ3n) is 8.31. The molecule has 2 fully saturated rings. The van der Waals surface area contributed by atoms with E-state index in [1.165, 1.54) is 35.2 Å². The Labute approximate surface area is 259 Å². The van der Waals surface area contributed by atoms with Crippen LogP contribution in [0, 0.1) is 11.6 Å². The molecule has 0 unspecified atom stereocenters. The van der Waals surface area contributed by atoms with Gasteiger partial charge in [-0.05, 0) is 91.5 Å². The van der Waals surface area contributed by atoms with Crippen LogP contribution in [0.1, 0.15) is 30.4 Å². The summed E-state index contributed by atoms with van der Waals surface area (Å²) in [4.78, 5) is 12.4. The Morgan fingerprint density at radius 2 is 1.17 bits per heavy atom. The summed E-state index contributed by atoms with van der Waals surface area (Å²) in [5.41, 5.74) is 5.54. The molecule has 222 valence electrons. The van der Waals surface area contributed by atoms with E-state index in [0.29, 0.717) is 0 Å². The van der Waals surface area contributed by atoms with Crippen molar-refractivity contribution in [1.29, 1.82) is 0 Å². The van der Waals surface area contributed by atoms with Crippen molar-refractivity contribution in [2.75, 3.05) is 57.3 Å². The lowest BCUT2D eigenvalue weighted by atomic mass is 9.88. The van der Waals surface area contributed by atoms with Gasteiger partial charge in [0.1, 0.15) is 17.5 Å². The molecule has 0 saturated carbocycles. The number of benzene rings is 3.